The van der Waals surface area contributed by atoms with Crippen LogP contribution in [0.5, 0.6) is 0 Å². The standard InChI is InChI=1S/C6H4O4/c7-6-1-4-5(10-6)2-8-3-9-4/h1-2H,3H2. The molecule has 2 aliphatic rings. The van der Waals surface area contributed by atoms with E-state index in [0.29, 0.717) is 11.5 Å². The first kappa shape index (κ1) is 5.34. The van der Waals surface area contributed by atoms with Gasteiger partial charge >= 0.3 is 5.97 Å². The first-order valence-corrected chi connectivity index (χ1v) is 2.75. The molecule has 2 aliphatic heterocycles. The fourth-order valence-corrected chi connectivity index (χ4v) is 0.768. The van der Waals surface area contributed by atoms with Crippen molar-refractivity contribution in [2.45, 2.75) is 0 Å². The molecule has 0 fully saturated rings. The summed E-state index contributed by atoms with van der Waals surface area (Å²) in [6.07, 6.45) is 2.65. The summed E-state index contributed by atoms with van der Waals surface area (Å²) < 4.78 is 14.3. The summed E-state index contributed by atoms with van der Waals surface area (Å²) in [7, 11) is 0. The Labute approximate surface area is 56.7 Å². The average molecular weight is 140 g/mol. The van der Waals surface area contributed by atoms with Crippen molar-refractivity contribution >= 4 is 5.97 Å². The lowest BCUT2D eigenvalue weighted by Crippen LogP contribution is -2.04. The Kier molecular flexibility index (Phi) is 0.943. The summed E-state index contributed by atoms with van der Waals surface area (Å²) in [4.78, 5) is 10.5. The summed E-state index contributed by atoms with van der Waals surface area (Å²) >= 11 is 0. The van der Waals surface area contributed by atoms with Crippen LogP contribution in [0.4, 0.5) is 0 Å². The molecule has 10 heavy (non-hydrogen) atoms. The van der Waals surface area contributed by atoms with Crippen molar-refractivity contribution in [1.82, 2.24) is 0 Å². The second-order valence-corrected chi connectivity index (χ2v) is 1.84. The Morgan fingerprint density at radius 1 is 1.40 bits per heavy atom. The smallest absolute Gasteiger partial charge is 0.340 e. The highest BCUT2D eigenvalue weighted by atomic mass is 16.7. The number of esters is 1. The maximum Gasteiger partial charge on any atom is 0.340 e. The van der Waals surface area contributed by atoms with E-state index >= 15 is 0 Å². The highest BCUT2D eigenvalue weighted by Gasteiger charge is 2.24. The average Bonchev–Trinajstić information content (AvgIpc) is 2.27. The summed E-state index contributed by atoms with van der Waals surface area (Å²) in [6.45, 7) is 0.145. The second kappa shape index (κ2) is 1.76. The molecular formula is C6H4O4. The molecule has 0 unspecified atom stereocenters. The largest absolute Gasteiger partial charge is 0.461 e. The third kappa shape index (κ3) is 0.655. The monoisotopic (exact) mass is 140 g/mol. The van der Waals surface area contributed by atoms with E-state index in [2.05, 4.69) is 4.74 Å². The van der Waals surface area contributed by atoms with Gasteiger partial charge < -0.3 is 14.2 Å². The van der Waals surface area contributed by atoms with Crippen LogP contribution in [0.25, 0.3) is 0 Å². The molecule has 0 N–H and O–H groups in total. The first-order chi connectivity index (χ1) is 4.86. The number of ether oxygens (including phenoxy) is 3. The van der Waals surface area contributed by atoms with Gasteiger partial charge in [0.2, 0.25) is 12.6 Å². The number of carbonyl (C=O) groups is 1. The van der Waals surface area contributed by atoms with E-state index in [1.54, 1.807) is 0 Å². The van der Waals surface area contributed by atoms with Crippen LogP contribution >= 0.6 is 0 Å². The fourth-order valence-electron chi connectivity index (χ4n) is 0.768. The summed E-state index contributed by atoms with van der Waals surface area (Å²) in [5.74, 6) is 0.402. The molecule has 0 bridgehead atoms. The summed E-state index contributed by atoms with van der Waals surface area (Å²) in [6, 6.07) is 0. The van der Waals surface area contributed by atoms with Gasteiger partial charge in [0.05, 0.1) is 6.08 Å². The molecule has 0 aromatic carbocycles. The Morgan fingerprint density at radius 2 is 2.30 bits per heavy atom. The molecule has 0 radical (unpaired) electrons. The Bertz CT molecular complexity index is 238. The normalized spacial score (nSPS) is 21.4. The number of hydrogen-bond donors (Lipinski definition) is 0. The highest BCUT2D eigenvalue weighted by Crippen LogP contribution is 2.23. The van der Waals surface area contributed by atoms with E-state index in [9.17, 15) is 4.79 Å². The molecule has 4 heteroatoms. The minimum atomic E-state index is -0.410. The zero-order valence-electron chi connectivity index (χ0n) is 4.99. The van der Waals surface area contributed by atoms with Gasteiger partial charge in [-0.15, -0.1) is 0 Å². The van der Waals surface area contributed by atoms with E-state index in [1.807, 2.05) is 0 Å². The minimum Gasteiger partial charge on any atom is -0.461 e. The molecule has 0 amide bonds. The van der Waals surface area contributed by atoms with Crippen molar-refractivity contribution in [3.63, 3.8) is 0 Å². The lowest BCUT2D eigenvalue weighted by atomic mass is 10.4. The molecule has 0 aromatic rings. The Morgan fingerprint density at radius 3 is 3.10 bits per heavy atom. The van der Waals surface area contributed by atoms with Crippen LogP contribution in [-0.2, 0) is 19.0 Å². The molecule has 0 spiro atoms. The first-order valence-electron chi connectivity index (χ1n) is 2.75. The number of carbonyl (C=O) groups excluding carboxylic acids is 1. The zero-order valence-corrected chi connectivity index (χ0v) is 4.99. The van der Waals surface area contributed by atoms with Crippen molar-refractivity contribution < 1.29 is 19.0 Å². The lowest BCUT2D eigenvalue weighted by Gasteiger charge is -2.11. The molecule has 0 saturated heterocycles. The third-order valence-electron chi connectivity index (χ3n) is 1.18. The van der Waals surface area contributed by atoms with Crippen molar-refractivity contribution in [1.29, 1.82) is 0 Å². The van der Waals surface area contributed by atoms with Gasteiger partial charge in [0, 0.05) is 0 Å². The van der Waals surface area contributed by atoms with Crippen LogP contribution in [0.1, 0.15) is 0 Å². The SMILES string of the molecule is O=C1C=C2OCOC=C2O1. The van der Waals surface area contributed by atoms with Gasteiger partial charge in [-0.05, 0) is 0 Å². The number of hydrogen-bond acceptors (Lipinski definition) is 4. The van der Waals surface area contributed by atoms with Gasteiger partial charge in [0.15, 0.2) is 5.76 Å². The molecule has 0 saturated carbocycles. The van der Waals surface area contributed by atoms with Crippen LogP contribution in [0, 0.1) is 0 Å². The van der Waals surface area contributed by atoms with Crippen LogP contribution < -0.4 is 0 Å². The summed E-state index contributed by atoms with van der Waals surface area (Å²) in [5, 5.41) is 0. The highest BCUT2D eigenvalue weighted by molar-refractivity contribution is 5.87. The van der Waals surface area contributed by atoms with E-state index in [-0.39, 0.29) is 6.79 Å². The quantitative estimate of drug-likeness (QED) is 0.453. The van der Waals surface area contributed by atoms with Crippen molar-refractivity contribution in [3.8, 4) is 0 Å². The Hall–Kier alpha value is -1.45. The minimum absolute atomic E-state index is 0.145. The van der Waals surface area contributed by atoms with Gasteiger partial charge in [-0.2, -0.15) is 0 Å². The number of fused-ring (bicyclic) bond motifs is 1. The fraction of sp³-hybridized carbons (Fsp3) is 0.167. The molecule has 52 valence electrons. The predicted molar refractivity (Wildman–Crippen MR) is 29.3 cm³/mol. The number of rotatable bonds is 0. The molecule has 4 nitrogen and oxygen atoms in total. The molecule has 0 atom stereocenters. The molecule has 2 heterocycles. The van der Waals surface area contributed by atoms with Gasteiger partial charge in [-0.1, -0.05) is 0 Å². The van der Waals surface area contributed by atoms with Crippen molar-refractivity contribution in [3.05, 3.63) is 23.9 Å². The third-order valence-corrected chi connectivity index (χ3v) is 1.18. The van der Waals surface area contributed by atoms with Crippen LogP contribution in [0.3, 0.4) is 0 Å². The van der Waals surface area contributed by atoms with Crippen LogP contribution in [0.2, 0.25) is 0 Å². The zero-order chi connectivity index (χ0) is 6.97. The molecule has 0 aliphatic carbocycles. The topological polar surface area (TPSA) is 44.8 Å². The predicted octanol–water partition coefficient (Wildman–Crippen LogP) is 0.273. The van der Waals surface area contributed by atoms with Gasteiger partial charge in [-0.3, -0.25) is 0 Å². The van der Waals surface area contributed by atoms with E-state index in [4.69, 9.17) is 9.47 Å². The van der Waals surface area contributed by atoms with E-state index < -0.39 is 5.97 Å². The van der Waals surface area contributed by atoms with Gasteiger partial charge in [0.25, 0.3) is 0 Å². The van der Waals surface area contributed by atoms with Crippen LogP contribution in [-0.4, -0.2) is 12.8 Å². The van der Waals surface area contributed by atoms with Gasteiger partial charge in [0.1, 0.15) is 6.26 Å². The Balaban J connectivity index is 2.35. The van der Waals surface area contributed by atoms with Crippen molar-refractivity contribution in [2.75, 3.05) is 6.79 Å². The molecule has 2 rings (SSSR count). The van der Waals surface area contributed by atoms with E-state index in [0.717, 1.165) is 0 Å². The van der Waals surface area contributed by atoms with Gasteiger partial charge in [-0.25, -0.2) is 4.79 Å². The molecule has 0 aromatic heterocycles. The second-order valence-electron chi connectivity index (χ2n) is 1.84. The lowest BCUT2D eigenvalue weighted by molar-refractivity contribution is -0.132. The van der Waals surface area contributed by atoms with Crippen molar-refractivity contribution in [2.24, 2.45) is 0 Å². The molecular weight excluding hydrogens is 136 g/mol. The maximum atomic E-state index is 10.5. The van der Waals surface area contributed by atoms with E-state index in [1.165, 1.54) is 12.3 Å². The summed E-state index contributed by atoms with van der Waals surface area (Å²) in [5.41, 5.74) is 0. The van der Waals surface area contributed by atoms with Crippen LogP contribution in [0.15, 0.2) is 23.9 Å². The maximum absolute atomic E-state index is 10.5.